The third-order valence-corrected chi connectivity index (χ3v) is 7.87. The van der Waals surface area contributed by atoms with Crippen LogP contribution in [-0.2, 0) is 6.42 Å². The highest BCUT2D eigenvalue weighted by molar-refractivity contribution is 5.91. The number of aryl methyl sites for hydroxylation is 1. The monoisotopic (exact) mass is 487 g/mol. The fraction of sp³-hybridized carbons (Fsp3) is 0.576. The van der Waals surface area contributed by atoms with E-state index in [-0.39, 0.29) is 0 Å². The molecule has 194 valence electrons. The van der Waals surface area contributed by atoms with Crippen LogP contribution in [0.15, 0.2) is 42.5 Å². The number of hydrogen-bond donors (Lipinski definition) is 0. The fourth-order valence-corrected chi connectivity index (χ4v) is 5.52. The molecule has 1 aliphatic rings. The Kier molecular flexibility index (Phi) is 12.0. The molecular formula is C33H45NO2. The summed E-state index contributed by atoms with van der Waals surface area (Å²) in [4.78, 5) is 12.8. The summed E-state index contributed by atoms with van der Waals surface area (Å²) in [5.41, 5.74) is 3.42. The molecule has 0 heterocycles. The highest BCUT2D eigenvalue weighted by Gasteiger charge is 2.22. The van der Waals surface area contributed by atoms with Gasteiger partial charge in [-0.3, -0.25) is 0 Å². The average molecular weight is 488 g/mol. The molecule has 2 aromatic carbocycles. The number of ether oxygens (including phenoxy) is 1. The van der Waals surface area contributed by atoms with Crippen LogP contribution in [0.4, 0.5) is 0 Å². The number of nitriles is 1. The van der Waals surface area contributed by atoms with Gasteiger partial charge in [-0.2, -0.15) is 5.26 Å². The lowest BCUT2D eigenvalue weighted by Crippen LogP contribution is -2.14. The third kappa shape index (κ3) is 8.81. The standard InChI is InChI=1S/C33H45NO2/c1-3-5-7-8-9-10-11-13-27-16-23-32(31(24-27)25-34)36-33(35)30-21-19-29(20-22-30)28-17-14-26(15-18-28)12-6-4-2/h16,19-24,26,28H,3-15,17-18H2,1-2H3. The van der Waals surface area contributed by atoms with E-state index in [1.165, 1.54) is 89.0 Å². The van der Waals surface area contributed by atoms with E-state index < -0.39 is 5.97 Å². The second-order valence-corrected chi connectivity index (χ2v) is 10.7. The predicted molar refractivity (Wildman–Crippen MR) is 148 cm³/mol. The van der Waals surface area contributed by atoms with Gasteiger partial charge in [-0.25, -0.2) is 4.79 Å². The molecule has 2 aromatic rings. The number of benzene rings is 2. The zero-order valence-corrected chi connectivity index (χ0v) is 22.6. The summed E-state index contributed by atoms with van der Waals surface area (Å²) < 4.78 is 5.63. The van der Waals surface area contributed by atoms with Gasteiger partial charge in [0, 0.05) is 0 Å². The highest BCUT2D eigenvalue weighted by Crippen LogP contribution is 2.37. The van der Waals surface area contributed by atoms with Crippen molar-refractivity contribution in [3.05, 3.63) is 64.7 Å². The predicted octanol–water partition coefficient (Wildman–Crippen LogP) is 9.53. The molecule has 0 N–H and O–H groups in total. The summed E-state index contributed by atoms with van der Waals surface area (Å²) >= 11 is 0. The molecular weight excluding hydrogens is 442 g/mol. The first-order valence-electron chi connectivity index (χ1n) is 14.5. The molecule has 0 atom stereocenters. The van der Waals surface area contributed by atoms with Crippen molar-refractivity contribution in [2.24, 2.45) is 5.92 Å². The Balaban J connectivity index is 1.49. The molecule has 3 heteroatoms. The summed E-state index contributed by atoms with van der Waals surface area (Å²) in [6.07, 6.45) is 19.0. The minimum absolute atomic E-state index is 0.347. The normalized spacial score (nSPS) is 17.5. The van der Waals surface area contributed by atoms with E-state index in [1.54, 1.807) is 6.07 Å². The molecule has 1 aliphatic carbocycles. The molecule has 0 radical (unpaired) electrons. The molecule has 0 aliphatic heterocycles. The summed E-state index contributed by atoms with van der Waals surface area (Å²) in [5, 5.41) is 9.62. The lowest BCUT2D eigenvalue weighted by molar-refractivity contribution is 0.0734. The van der Waals surface area contributed by atoms with Crippen LogP contribution in [0.5, 0.6) is 5.75 Å². The number of unbranched alkanes of at least 4 members (excludes halogenated alkanes) is 7. The van der Waals surface area contributed by atoms with Gasteiger partial charge in [-0.1, -0.05) is 89.8 Å². The Hall–Kier alpha value is -2.60. The SMILES string of the molecule is CCCCCCCCCc1ccc(OC(=O)c2ccc(C3CCC(CCCC)CC3)cc2)c(C#N)c1. The lowest BCUT2D eigenvalue weighted by atomic mass is 9.77. The van der Waals surface area contributed by atoms with Gasteiger partial charge in [0.2, 0.25) is 0 Å². The molecule has 0 bridgehead atoms. The second-order valence-electron chi connectivity index (χ2n) is 10.7. The van der Waals surface area contributed by atoms with Gasteiger partial charge in [0.15, 0.2) is 0 Å². The van der Waals surface area contributed by atoms with E-state index in [0.29, 0.717) is 22.8 Å². The van der Waals surface area contributed by atoms with Gasteiger partial charge in [-0.05, 0) is 85.8 Å². The Morgan fingerprint density at radius 3 is 2.19 bits per heavy atom. The first kappa shape index (κ1) is 28.0. The Bertz CT molecular complexity index is 964. The number of carbonyl (C=O) groups is 1. The van der Waals surface area contributed by atoms with Gasteiger partial charge < -0.3 is 4.74 Å². The van der Waals surface area contributed by atoms with E-state index >= 15 is 0 Å². The molecule has 0 spiro atoms. The van der Waals surface area contributed by atoms with Crippen LogP contribution >= 0.6 is 0 Å². The van der Waals surface area contributed by atoms with Crippen LogP contribution < -0.4 is 4.74 Å². The molecule has 0 amide bonds. The van der Waals surface area contributed by atoms with Crippen LogP contribution in [0, 0.1) is 17.2 Å². The van der Waals surface area contributed by atoms with Gasteiger partial charge in [0.25, 0.3) is 0 Å². The molecule has 1 fully saturated rings. The highest BCUT2D eigenvalue weighted by atomic mass is 16.5. The number of nitrogens with zero attached hydrogens (tertiary/aromatic N) is 1. The maximum absolute atomic E-state index is 12.8. The molecule has 1 saturated carbocycles. The molecule has 3 nitrogen and oxygen atoms in total. The van der Waals surface area contributed by atoms with Crippen molar-refractivity contribution in [2.45, 2.75) is 116 Å². The number of hydrogen-bond acceptors (Lipinski definition) is 3. The van der Waals surface area contributed by atoms with E-state index in [1.807, 2.05) is 24.3 Å². The average Bonchev–Trinajstić information content (AvgIpc) is 2.92. The topological polar surface area (TPSA) is 50.1 Å². The first-order valence-corrected chi connectivity index (χ1v) is 14.5. The zero-order valence-electron chi connectivity index (χ0n) is 22.6. The minimum atomic E-state index is -0.402. The van der Waals surface area contributed by atoms with Crippen molar-refractivity contribution in [1.82, 2.24) is 0 Å². The van der Waals surface area contributed by atoms with Crippen molar-refractivity contribution in [1.29, 1.82) is 5.26 Å². The Labute approximate surface area is 219 Å². The summed E-state index contributed by atoms with van der Waals surface area (Å²) in [6.45, 7) is 4.51. The maximum atomic E-state index is 12.8. The van der Waals surface area contributed by atoms with Gasteiger partial charge in [0.1, 0.15) is 11.8 Å². The Morgan fingerprint density at radius 1 is 0.861 bits per heavy atom. The van der Waals surface area contributed by atoms with Crippen LogP contribution in [0.1, 0.15) is 137 Å². The van der Waals surface area contributed by atoms with Crippen LogP contribution in [0.2, 0.25) is 0 Å². The molecule has 36 heavy (non-hydrogen) atoms. The molecule has 0 unspecified atom stereocenters. The summed E-state index contributed by atoms with van der Waals surface area (Å²) in [7, 11) is 0. The Morgan fingerprint density at radius 2 is 1.53 bits per heavy atom. The van der Waals surface area contributed by atoms with Crippen molar-refractivity contribution in [3.63, 3.8) is 0 Å². The van der Waals surface area contributed by atoms with Gasteiger partial charge in [0.05, 0.1) is 11.1 Å². The van der Waals surface area contributed by atoms with Crippen molar-refractivity contribution in [2.75, 3.05) is 0 Å². The summed E-state index contributed by atoms with van der Waals surface area (Å²) in [6, 6.07) is 15.8. The van der Waals surface area contributed by atoms with Crippen molar-refractivity contribution < 1.29 is 9.53 Å². The second kappa shape index (κ2) is 15.5. The summed E-state index contributed by atoms with van der Waals surface area (Å²) in [5.74, 6) is 1.44. The lowest BCUT2D eigenvalue weighted by Gasteiger charge is -2.28. The zero-order chi connectivity index (χ0) is 25.6. The molecule has 0 aromatic heterocycles. The van der Waals surface area contributed by atoms with Crippen LogP contribution in [0.25, 0.3) is 0 Å². The van der Waals surface area contributed by atoms with Crippen LogP contribution in [-0.4, -0.2) is 5.97 Å². The molecule has 3 rings (SSSR count). The largest absolute Gasteiger partial charge is 0.422 e. The molecule has 0 saturated heterocycles. The van der Waals surface area contributed by atoms with Gasteiger partial charge >= 0.3 is 5.97 Å². The fourth-order valence-electron chi connectivity index (χ4n) is 5.52. The quantitative estimate of drug-likeness (QED) is 0.151. The van der Waals surface area contributed by atoms with Crippen molar-refractivity contribution >= 4 is 5.97 Å². The number of esters is 1. The number of rotatable bonds is 14. The van der Waals surface area contributed by atoms with E-state index in [2.05, 4.69) is 32.0 Å². The van der Waals surface area contributed by atoms with E-state index in [9.17, 15) is 10.1 Å². The van der Waals surface area contributed by atoms with Gasteiger partial charge in [-0.15, -0.1) is 0 Å². The van der Waals surface area contributed by atoms with Crippen LogP contribution in [0.3, 0.4) is 0 Å². The minimum Gasteiger partial charge on any atom is -0.422 e. The smallest absolute Gasteiger partial charge is 0.343 e. The van der Waals surface area contributed by atoms with E-state index in [4.69, 9.17) is 4.74 Å². The van der Waals surface area contributed by atoms with Crippen molar-refractivity contribution in [3.8, 4) is 11.8 Å². The first-order chi connectivity index (χ1) is 17.6. The third-order valence-electron chi connectivity index (χ3n) is 7.87. The number of carbonyl (C=O) groups excluding carboxylic acids is 1. The maximum Gasteiger partial charge on any atom is 0.343 e. The van der Waals surface area contributed by atoms with E-state index in [0.717, 1.165) is 24.3 Å².